The van der Waals surface area contributed by atoms with Crippen molar-refractivity contribution in [1.82, 2.24) is 19.7 Å². The number of hydrogen-bond donors (Lipinski definition) is 1. The summed E-state index contributed by atoms with van der Waals surface area (Å²) in [5, 5.41) is 13.3. The van der Waals surface area contributed by atoms with Crippen LogP contribution in [0.4, 0.5) is 13.2 Å². The lowest BCUT2D eigenvalue weighted by atomic mass is 9.88. The highest BCUT2D eigenvalue weighted by Crippen LogP contribution is 2.39. The van der Waals surface area contributed by atoms with Crippen LogP contribution >= 0.6 is 0 Å². The predicted octanol–water partition coefficient (Wildman–Crippen LogP) is 3.20. The molecule has 2 aromatic heterocycles. The molecular formula is C22H21F3N4O3. The van der Waals surface area contributed by atoms with Crippen molar-refractivity contribution >= 4 is 5.91 Å². The number of rotatable bonds is 5. The van der Waals surface area contributed by atoms with E-state index >= 15 is 0 Å². The molecule has 1 aromatic carbocycles. The second kappa shape index (κ2) is 8.27. The van der Waals surface area contributed by atoms with Crippen LogP contribution in [-0.4, -0.2) is 44.3 Å². The molecule has 3 heterocycles. The highest BCUT2D eigenvalue weighted by molar-refractivity contribution is 5.99. The van der Waals surface area contributed by atoms with Crippen molar-refractivity contribution in [1.29, 1.82) is 0 Å². The highest BCUT2D eigenvalue weighted by Gasteiger charge is 2.39. The smallest absolute Gasteiger partial charge is 0.435 e. The Balaban J connectivity index is 1.76. The Kier molecular flexibility index (Phi) is 5.64. The van der Waals surface area contributed by atoms with E-state index in [1.54, 1.807) is 23.2 Å². The van der Waals surface area contributed by atoms with Crippen LogP contribution in [0.1, 0.15) is 32.9 Å². The molecule has 0 fully saturated rings. The third-order valence-electron chi connectivity index (χ3n) is 5.41. The number of halogens is 3. The summed E-state index contributed by atoms with van der Waals surface area (Å²) in [5.74, 6) is 0.283. The summed E-state index contributed by atoms with van der Waals surface area (Å²) in [6.07, 6.45) is -1.42. The number of aliphatic hydroxyl groups excluding tert-OH is 1. The molecular weight excluding hydrogens is 425 g/mol. The molecule has 0 bridgehead atoms. The van der Waals surface area contributed by atoms with E-state index in [0.717, 1.165) is 4.68 Å². The highest BCUT2D eigenvalue weighted by atomic mass is 19.4. The number of carbonyl (C=O) groups is 1. The van der Waals surface area contributed by atoms with E-state index in [0.29, 0.717) is 35.5 Å². The first-order valence-corrected chi connectivity index (χ1v) is 9.87. The summed E-state index contributed by atoms with van der Waals surface area (Å²) in [7, 11) is 2.95. The number of aryl methyl sites for hydroxylation is 1. The Hall–Kier alpha value is -3.40. The second-order valence-electron chi connectivity index (χ2n) is 7.55. The van der Waals surface area contributed by atoms with Crippen molar-refractivity contribution in [2.75, 3.05) is 13.7 Å². The van der Waals surface area contributed by atoms with Crippen molar-refractivity contribution in [2.24, 2.45) is 7.05 Å². The molecule has 4 rings (SSSR count). The van der Waals surface area contributed by atoms with Gasteiger partial charge in [-0.2, -0.15) is 18.3 Å². The van der Waals surface area contributed by atoms with E-state index in [2.05, 4.69) is 10.1 Å². The monoisotopic (exact) mass is 446 g/mol. The molecule has 1 amide bonds. The van der Waals surface area contributed by atoms with Gasteiger partial charge in [0.1, 0.15) is 5.75 Å². The maximum atomic E-state index is 13.6. The lowest BCUT2D eigenvalue weighted by Crippen LogP contribution is -2.37. The minimum absolute atomic E-state index is 0.109. The Bertz CT molecular complexity index is 1170. The number of benzene rings is 1. The van der Waals surface area contributed by atoms with Gasteiger partial charge in [0.2, 0.25) is 0 Å². The summed E-state index contributed by atoms with van der Waals surface area (Å²) in [6, 6.07) is 6.46. The van der Waals surface area contributed by atoms with Crippen LogP contribution in [-0.2, 0) is 32.8 Å². The molecule has 0 spiro atoms. The Labute approximate surface area is 182 Å². The first-order chi connectivity index (χ1) is 15.2. The standard InChI is InChI=1S/C22H21F3N4O3/c1-28-11-19(20(27-28)22(23,24)25)17-7-13(12-30)8-18-16(17)4-6-29(21(18)31)10-14-9-15(32-2)3-5-26-14/h3,5,7-9,11,30H,4,6,10,12H2,1-2H3. The number of aromatic nitrogens is 3. The molecule has 7 nitrogen and oxygen atoms in total. The molecule has 3 aromatic rings. The van der Waals surface area contributed by atoms with E-state index in [1.165, 1.54) is 32.5 Å². The fourth-order valence-electron chi connectivity index (χ4n) is 3.95. The number of aliphatic hydroxyl groups is 1. The molecule has 0 radical (unpaired) electrons. The zero-order chi connectivity index (χ0) is 23.0. The Morgan fingerprint density at radius 1 is 1.19 bits per heavy atom. The SMILES string of the molecule is COc1ccnc(CN2CCc3c(cc(CO)cc3-c3cn(C)nc3C(F)(F)F)C2=O)c1. The van der Waals surface area contributed by atoms with Crippen molar-refractivity contribution in [2.45, 2.75) is 25.7 Å². The lowest BCUT2D eigenvalue weighted by Gasteiger charge is -2.30. The number of nitrogens with zero attached hydrogens (tertiary/aromatic N) is 4. The first-order valence-electron chi connectivity index (χ1n) is 9.87. The van der Waals surface area contributed by atoms with Crippen LogP contribution in [0.3, 0.4) is 0 Å². The normalized spacial score (nSPS) is 13.9. The molecule has 0 unspecified atom stereocenters. The molecule has 10 heteroatoms. The lowest BCUT2D eigenvalue weighted by molar-refractivity contribution is -0.140. The number of carbonyl (C=O) groups excluding carboxylic acids is 1. The number of hydrogen-bond acceptors (Lipinski definition) is 5. The molecule has 1 N–H and O–H groups in total. The zero-order valence-corrected chi connectivity index (χ0v) is 17.5. The van der Waals surface area contributed by atoms with Gasteiger partial charge in [0.05, 0.1) is 26.0 Å². The van der Waals surface area contributed by atoms with Crippen LogP contribution in [0.15, 0.2) is 36.7 Å². The van der Waals surface area contributed by atoms with Gasteiger partial charge >= 0.3 is 6.18 Å². The summed E-state index contributed by atoms with van der Waals surface area (Å²) in [5.41, 5.74) is 0.907. The fourth-order valence-corrected chi connectivity index (χ4v) is 3.95. The minimum Gasteiger partial charge on any atom is -0.497 e. The molecule has 168 valence electrons. The average Bonchev–Trinajstić information content (AvgIpc) is 3.17. The summed E-state index contributed by atoms with van der Waals surface area (Å²) < 4.78 is 47.1. The van der Waals surface area contributed by atoms with Gasteiger partial charge in [0, 0.05) is 43.2 Å². The average molecular weight is 446 g/mol. The van der Waals surface area contributed by atoms with Crippen molar-refractivity contribution < 1.29 is 27.8 Å². The molecule has 1 aliphatic rings. The van der Waals surface area contributed by atoms with Gasteiger partial charge in [0.15, 0.2) is 5.69 Å². The zero-order valence-electron chi connectivity index (χ0n) is 17.5. The van der Waals surface area contributed by atoms with Gasteiger partial charge in [-0.05, 0) is 41.3 Å². The quantitative estimate of drug-likeness (QED) is 0.651. The topological polar surface area (TPSA) is 80.5 Å². The van der Waals surface area contributed by atoms with E-state index in [9.17, 15) is 23.1 Å². The Morgan fingerprint density at radius 3 is 2.62 bits per heavy atom. The summed E-state index contributed by atoms with van der Waals surface area (Å²) in [6.45, 7) is 0.138. The maximum Gasteiger partial charge on any atom is 0.435 e. The van der Waals surface area contributed by atoms with Crippen LogP contribution in [0.2, 0.25) is 0 Å². The van der Waals surface area contributed by atoms with Crippen molar-refractivity contribution in [3.63, 3.8) is 0 Å². The largest absolute Gasteiger partial charge is 0.497 e. The van der Waals surface area contributed by atoms with E-state index in [-0.39, 0.29) is 29.1 Å². The van der Waals surface area contributed by atoms with Crippen LogP contribution in [0.5, 0.6) is 5.75 Å². The number of fused-ring (bicyclic) bond motifs is 1. The van der Waals surface area contributed by atoms with E-state index in [1.807, 2.05) is 0 Å². The van der Waals surface area contributed by atoms with Gasteiger partial charge < -0.3 is 14.7 Å². The Morgan fingerprint density at radius 2 is 1.94 bits per heavy atom. The van der Waals surface area contributed by atoms with E-state index in [4.69, 9.17) is 4.74 Å². The number of methoxy groups -OCH3 is 1. The predicted molar refractivity (Wildman–Crippen MR) is 109 cm³/mol. The molecule has 0 aliphatic carbocycles. The minimum atomic E-state index is -4.65. The number of amides is 1. The van der Waals surface area contributed by atoms with E-state index < -0.39 is 18.5 Å². The fraction of sp³-hybridized carbons (Fsp3) is 0.318. The number of pyridine rings is 1. The number of ether oxygens (including phenoxy) is 1. The van der Waals surface area contributed by atoms with Crippen LogP contribution in [0, 0.1) is 0 Å². The third-order valence-corrected chi connectivity index (χ3v) is 5.41. The molecule has 0 saturated carbocycles. The summed E-state index contributed by atoms with van der Waals surface area (Å²) in [4.78, 5) is 19.1. The number of alkyl halides is 3. The van der Waals surface area contributed by atoms with Gasteiger partial charge in [-0.15, -0.1) is 0 Å². The maximum absolute atomic E-state index is 13.6. The van der Waals surface area contributed by atoms with Crippen molar-refractivity contribution in [3.05, 3.63) is 64.7 Å². The third kappa shape index (κ3) is 4.05. The van der Waals surface area contributed by atoms with Crippen LogP contribution in [0.25, 0.3) is 11.1 Å². The van der Waals surface area contributed by atoms with Crippen LogP contribution < -0.4 is 4.74 Å². The summed E-state index contributed by atoms with van der Waals surface area (Å²) >= 11 is 0. The molecule has 0 saturated heterocycles. The second-order valence-corrected chi connectivity index (χ2v) is 7.55. The molecule has 32 heavy (non-hydrogen) atoms. The first kappa shape index (κ1) is 21.8. The van der Waals surface area contributed by atoms with Gasteiger partial charge in [-0.1, -0.05) is 0 Å². The van der Waals surface area contributed by atoms with Gasteiger partial charge in [0.25, 0.3) is 5.91 Å². The molecule has 0 atom stereocenters. The molecule has 1 aliphatic heterocycles. The van der Waals surface area contributed by atoms with Gasteiger partial charge in [-0.3, -0.25) is 14.5 Å². The van der Waals surface area contributed by atoms with Gasteiger partial charge in [-0.25, -0.2) is 0 Å². The van der Waals surface area contributed by atoms with Crippen molar-refractivity contribution in [3.8, 4) is 16.9 Å².